The lowest BCUT2D eigenvalue weighted by Gasteiger charge is -2.12. The van der Waals surface area contributed by atoms with E-state index in [-0.39, 0.29) is 12.3 Å². The van der Waals surface area contributed by atoms with Crippen molar-refractivity contribution in [1.82, 2.24) is 9.88 Å². The van der Waals surface area contributed by atoms with Crippen LogP contribution in [0, 0.1) is 0 Å². The molecule has 112 valence electrons. The molecule has 1 unspecified atom stereocenters. The van der Waals surface area contributed by atoms with Crippen LogP contribution in [0.5, 0.6) is 0 Å². The molecular weight excluding hydrogens is 311 g/mol. The monoisotopic (exact) mass is 326 g/mol. The summed E-state index contributed by atoms with van der Waals surface area (Å²) in [6.07, 6.45) is 2.90. The molecule has 0 aliphatic rings. The summed E-state index contributed by atoms with van der Waals surface area (Å²) in [4.78, 5) is 11.8. The fourth-order valence-corrected chi connectivity index (χ4v) is 2.52. The molecule has 2 rings (SSSR count). The number of amides is 1. The van der Waals surface area contributed by atoms with E-state index in [0.717, 1.165) is 0 Å². The average molecular weight is 327 g/mol. The zero-order valence-corrected chi connectivity index (χ0v) is 12.8. The van der Waals surface area contributed by atoms with Crippen molar-refractivity contribution < 1.29 is 9.90 Å². The second-order valence-electron chi connectivity index (χ2n) is 4.69. The first kappa shape index (κ1) is 15.9. The van der Waals surface area contributed by atoms with Crippen molar-refractivity contribution in [3.63, 3.8) is 0 Å². The molecule has 6 heteroatoms. The molecule has 1 atom stereocenters. The van der Waals surface area contributed by atoms with Gasteiger partial charge in [-0.1, -0.05) is 23.2 Å². The van der Waals surface area contributed by atoms with Crippen molar-refractivity contribution in [3.8, 4) is 0 Å². The van der Waals surface area contributed by atoms with Gasteiger partial charge < -0.3 is 15.0 Å². The van der Waals surface area contributed by atoms with E-state index in [2.05, 4.69) is 5.32 Å². The minimum atomic E-state index is -0.923. The summed E-state index contributed by atoms with van der Waals surface area (Å²) in [7, 11) is 0. The van der Waals surface area contributed by atoms with E-state index in [1.54, 1.807) is 18.2 Å². The number of benzene rings is 1. The zero-order chi connectivity index (χ0) is 15.2. The number of aromatic nitrogens is 1. The predicted molar refractivity (Wildman–Crippen MR) is 83.5 cm³/mol. The first-order valence-corrected chi connectivity index (χ1v) is 7.31. The predicted octanol–water partition coefficient (Wildman–Crippen LogP) is 3.03. The molecule has 0 saturated heterocycles. The average Bonchev–Trinajstić information content (AvgIpc) is 2.90. The minimum Gasteiger partial charge on any atom is -0.388 e. The van der Waals surface area contributed by atoms with Crippen LogP contribution in [0.2, 0.25) is 10.0 Å². The molecule has 1 aromatic carbocycles. The van der Waals surface area contributed by atoms with Crippen molar-refractivity contribution >= 4 is 29.1 Å². The van der Waals surface area contributed by atoms with Crippen LogP contribution >= 0.6 is 23.2 Å². The molecule has 0 fully saturated rings. The lowest BCUT2D eigenvalue weighted by Crippen LogP contribution is -2.28. The van der Waals surface area contributed by atoms with E-state index in [1.807, 2.05) is 29.1 Å². The maximum absolute atomic E-state index is 11.8. The number of aliphatic hydroxyl groups is 1. The second-order valence-corrected chi connectivity index (χ2v) is 5.57. The Kier molecular flexibility index (Phi) is 5.67. The van der Waals surface area contributed by atoms with Crippen LogP contribution in [-0.2, 0) is 11.3 Å². The number of carbonyl (C=O) groups excluding carboxylic acids is 1. The van der Waals surface area contributed by atoms with Crippen LogP contribution in [0.3, 0.4) is 0 Å². The fourth-order valence-electron chi connectivity index (χ4n) is 1.98. The van der Waals surface area contributed by atoms with Gasteiger partial charge in [-0.15, -0.1) is 0 Å². The molecule has 4 nitrogen and oxygen atoms in total. The van der Waals surface area contributed by atoms with Crippen LogP contribution < -0.4 is 5.32 Å². The van der Waals surface area contributed by atoms with Crippen molar-refractivity contribution in [2.24, 2.45) is 0 Å². The number of nitrogens with zero attached hydrogens (tertiary/aromatic N) is 1. The molecule has 0 aliphatic heterocycles. The van der Waals surface area contributed by atoms with E-state index < -0.39 is 6.10 Å². The highest BCUT2D eigenvalue weighted by atomic mass is 35.5. The largest absolute Gasteiger partial charge is 0.388 e. The highest BCUT2D eigenvalue weighted by Crippen LogP contribution is 2.25. The van der Waals surface area contributed by atoms with Crippen molar-refractivity contribution in [1.29, 1.82) is 0 Å². The van der Waals surface area contributed by atoms with E-state index in [0.29, 0.717) is 28.7 Å². The molecular formula is C15H16Cl2N2O2. The Balaban J connectivity index is 1.81. The number of nitrogens with one attached hydrogen (secondary N) is 1. The lowest BCUT2D eigenvalue weighted by molar-refractivity contribution is -0.123. The summed E-state index contributed by atoms with van der Waals surface area (Å²) in [5.41, 5.74) is 0.535. The van der Waals surface area contributed by atoms with E-state index in [9.17, 15) is 9.90 Å². The Labute approximate surface area is 133 Å². The fraction of sp³-hybridized carbons (Fsp3) is 0.267. The minimum absolute atomic E-state index is 0.0254. The van der Waals surface area contributed by atoms with Crippen molar-refractivity contribution in [2.75, 3.05) is 6.54 Å². The number of carbonyl (C=O) groups is 1. The zero-order valence-electron chi connectivity index (χ0n) is 11.3. The maximum Gasteiger partial charge on any atom is 0.223 e. The molecule has 0 aliphatic carbocycles. The molecule has 0 spiro atoms. The van der Waals surface area contributed by atoms with Crippen molar-refractivity contribution in [3.05, 3.63) is 58.3 Å². The highest BCUT2D eigenvalue weighted by molar-refractivity contribution is 6.34. The van der Waals surface area contributed by atoms with Crippen LogP contribution in [0.1, 0.15) is 18.1 Å². The number of aliphatic hydroxyl groups excluding tert-OH is 1. The van der Waals surface area contributed by atoms with Gasteiger partial charge in [0.05, 0.1) is 12.5 Å². The Morgan fingerprint density at radius 2 is 1.81 bits per heavy atom. The summed E-state index contributed by atoms with van der Waals surface area (Å²) < 4.78 is 1.97. The van der Waals surface area contributed by atoms with Gasteiger partial charge >= 0.3 is 0 Å². The summed E-state index contributed by atoms with van der Waals surface area (Å²) in [6, 6.07) is 8.63. The van der Waals surface area contributed by atoms with Crippen molar-refractivity contribution in [2.45, 2.75) is 19.1 Å². The smallest absolute Gasteiger partial charge is 0.223 e. The second kappa shape index (κ2) is 7.50. The van der Waals surface area contributed by atoms with Gasteiger partial charge in [0.1, 0.15) is 0 Å². The molecule has 2 N–H and O–H groups in total. The standard InChI is InChI=1S/C15H16Cl2N2O2/c16-12-7-11(8-13(17)9-12)14(20)10-15(21)18-3-6-19-4-1-2-5-19/h1-2,4-5,7-9,14,20H,3,6,10H2,(H,18,21). The SMILES string of the molecule is O=C(CC(O)c1cc(Cl)cc(Cl)c1)NCCn1cccc1. The summed E-state index contributed by atoms with van der Waals surface area (Å²) >= 11 is 11.7. The van der Waals surface area contributed by atoms with Crippen LogP contribution in [0.25, 0.3) is 0 Å². The normalized spacial score (nSPS) is 12.1. The van der Waals surface area contributed by atoms with Gasteiger partial charge in [-0.2, -0.15) is 0 Å². The lowest BCUT2D eigenvalue weighted by atomic mass is 10.1. The highest BCUT2D eigenvalue weighted by Gasteiger charge is 2.14. The maximum atomic E-state index is 11.8. The third-order valence-electron chi connectivity index (χ3n) is 3.01. The molecule has 0 saturated carbocycles. The number of hydrogen-bond donors (Lipinski definition) is 2. The molecule has 2 aromatic rings. The number of hydrogen-bond acceptors (Lipinski definition) is 2. The summed E-state index contributed by atoms with van der Waals surface area (Å²) in [5, 5.41) is 13.7. The Morgan fingerprint density at radius 3 is 2.43 bits per heavy atom. The topological polar surface area (TPSA) is 54.3 Å². The van der Waals surface area contributed by atoms with Gasteiger partial charge in [0.25, 0.3) is 0 Å². The third kappa shape index (κ3) is 5.08. The van der Waals surface area contributed by atoms with Gasteiger partial charge in [-0.25, -0.2) is 0 Å². The van der Waals surface area contributed by atoms with Crippen LogP contribution in [-0.4, -0.2) is 22.1 Å². The molecule has 0 radical (unpaired) electrons. The van der Waals surface area contributed by atoms with Crippen LogP contribution in [0.15, 0.2) is 42.7 Å². The molecule has 1 heterocycles. The summed E-state index contributed by atoms with van der Waals surface area (Å²) in [6.45, 7) is 1.20. The third-order valence-corrected chi connectivity index (χ3v) is 3.44. The van der Waals surface area contributed by atoms with Gasteiger partial charge in [-0.05, 0) is 35.9 Å². The molecule has 21 heavy (non-hydrogen) atoms. The first-order valence-electron chi connectivity index (χ1n) is 6.56. The van der Waals surface area contributed by atoms with Gasteiger partial charge in [-0.3, -0.25) is 4.79 Å². The number of rotatable bonds is 6. The van der Waals surface area contributed by atoms with Gasteiger partial charge in [0.2, 0.25) is 5.91 Å². The Morgan fingerprint density at radius 1 is 1.19 bits per heavy atom. The van der Waals surface area contributed by atoms with Gasteiger partial charge in [0, 0.05) is 35.5 Å². The summed E-state index contributed by atoms with van der Waals surface area (Å²) in [5.74, 6) is -0.217. The van der Waals surface area contributed by atoms with E-state index in [1.165, 1.54) is 0 Å². The van der Waals surface area contributed by atoms with E-state index in [4.69, 9.17) is 23.2 Å². The Hall–Kier alpha value is -1.49. The van der Waals surface area contributed by atoms with Crippen LogP contribution in [0.4, 0.5) is 0 Å². The Bertz CT molecular complexity index is 579. The first-order chi connectivity index (χ1) is 10.0. The quantitative estimate of drug-likeness (QED) is 0.857. The molecule has 1 aromatic heterocycles. The number of halogens is 2. The molecule has 1 amide bonds. The van der Waals surface area contributed by atoms with Gasteiger partial charge in [0.15, 0.2) is 0 Å². The molecule has 0 bridgehead atoms. The van der Waals surface area contributed by atoms with E-state index >= 15 is 0 Å².